The number of nitrogens with zero attached hydrogens (tertiary/aromatic N) is 3. The van der Waals surface area contributed by atoms with E-state index < -0.39 is 0 Å². The highest BCUT2D eigenvalue weighted by atomic mass is 32.2. The van der Waals surface area contributed by atoms with Crippen LogP contribution in [0.3, 0.4) is 0 Å². The van der Waals surface area contributed by atoms with Crippen LogP contribution in [0.4, 0.5) is 10.1 Å². The predicted molar refractivity (Wildman–Crippen MR) is 102 cm³/mol. The second-order valence-corrected chi connectivity index (χ2v) is 6.79. The van der Waals surface area contributed by atoms with E-state index in [0.29, 0.717) is 27.8 Å². The number of Topliss-reactive ketones (excluding diaryl/α,β-unsaturated/α-hetero) is 1. The smallest absolute Gasteiger partial charge is 0.234 e. The van der Waals surface area contributed by atoms with Gasteiger partial charge in [-0.25, -0.2) is 4.39 Å². The van der Waals surface area contributed by atoms with Crippen molar-refractivity contribution in [1.29, 1.82) is 0 Å². The molecule has 8 heteroatoms. The van der Waals surface area contributed by atoms with E-state index in [2.05, 4.69) is 15.5 Å². The van der Waals surface area contributed by atoms with Crippen LogP contribution in [0.2, 0.25) is 0 Å². The molecule has 2 aromatic carbocycles. The lowest BCUT2D eigenvalue weighted by molar-refractivity contribution is -0.113. The van der Waals surface area contributed by atoms with Crippen LogP contribution in [0.5, 0.6) is 0 Å². The van der Waals surface area contributed by atoms with E-state index in [4.69, 9.17) is 0 Å². The largest absolute Gasteiger partial charge is 0.325 e. The number of rotatable bonds is 6. The maximum absolute atomic E-state index is 13.4. The van der Waals surface area contributed by atoms with Crippen molar-refractivity contribution in [2.45, 2.75) is 12.1 Å². The number of thioether (sulfide) groups is 1. The SMILES string of the molecule is CC(=O)c1cccc(NC(=O)CSc2nnc(-c3cccc(F)c3)n2C)c1. The summed E-state index contributed by atoms with van der Waals surface area (Å²) in [5.41, 5.74) is 1.71. The molecule has 3 rings (SSSR count). The van der Waals surface area contributed by atoms with Crippen molar-refractivity contribution in [2.75, 3.05) is 11.1 Å². The first-order chi connectivity index (χ1) is 12.9. The van der Waals surface area contributed by atoms with E-state index in [1.54, 1.807) is 48.0 Å². The maximum Gasteiger partial charge on any atom is 0.234 e. The molecule has 0 aliphatic heterocycles. The van der Waals surface area contributed by atoms with Crippen molar-refractivity contribution in [1.82, 2.24) is 14.8 Å². The summed E-state index contributed by atoms with van der Waals surface area (Å²) in [6.07, 6.45) is 0. The number of carbonyl (C=O) groups excluding carboxylic acids is 2. The second kappa shape index (κ2) is 8.13. The molecule has 1 amide bonds. The maximum atomic E-state index is 13.4. The fourth-order valence-electron chi connectivity index (χ4n) is 2.46. The molecule has 0 aliphatic rings. The highest BCUT2D eigenvalue weighted by Gasteiger charge is 2.13. The van der Waals surface area contributed by atoms with Gasteiger partial charge in [0.05, 0.1) is 5.75 Å². The summed E-state index contributed by atoms with van der Waals surface area (Å²) in [6.45, 7) is 1.47. The lowest BCUT2D eigenvalue weighted by atomic mass is 10.1. The minimum Gasteiger partial charge on any atom is -0.325 e. The first-order valence-electron chi connectivity index (χ1n) is 8.13. The van der Waals surface area contributed by atoms with Crippen molar-refractivity contribution in [3.05, 3.63) is 59.9 Å². The quantitative estimate of drug-likeness (QED) is 0.519. The normalized spacial score (nSPS) is 10.6. The molecular weight excluding hydrogens is 367 g/mol. The molecular formula is C19H17FN4O2S. The van der Waals surface area contributed by atoms with Crippen molar-refractivity contribution < 1.29 is 14.0 Å². The van der Waals surface area contributed by atoms with Crippen LogP contribution in [0.25, 0.3) is 11.4 Å². The number of amides is 1. The molecule has 1 heterocycles. The first kappa shape index (κ1) is 18.8. The molecule has 0 radical (unpaired) electrons. The van der Waals surface area contributed by atoms with Gasteiger partial charge in [0.2, 0.25) is 5.91 Å². The van der Waals surface area contributed by atoms with Gasteiger partial charge in [-0.1, -0.05) is 36.0 Å². The van der Waals surface area contributed by atoms with Gasteiger partial charge in [-0.05, 0) is 31.2 Å². The third-order valence-electron chi connectivity index (χ3n) is 3.80. The van der Waals surface area contributed by atoms with Crippen LogP contribution in [-0.4, -0.2) is 32.2 Å². The van der Waals surface area contributed by atoms with Gasteiger partial charge < -0.3 is 9.88 Å². The third-order valence-corrected chi connectivity index (χ3v) is 4.82. The molecule has 0 bridgehead atoms. The standard InChI is InChI=1S/C19H17FN4O2S/c1-12(25)13-5-4-8-16(10-13)21-17(26)11-27-19-23-22-18(24(19)2)14-6-3-7-15(20)9-14/h3-10H,11H2,1-2H3,(H,21,26). The van der Waals surface area contributed by atoms with E-state index in [1.165, 1.54) is 30.8 Å². The van der Waals surface area contributed by atoms with Gasteiger partial charge >= 0.3 is 0 Å². The Kier molecular flexibility index (Phi) is 5.66. The van der Waals surface area contributed by atoms with Crippen molar-refractivity contribution in [3.63, 3.8) is 0 Å². The summed E-state index contributed by atoms with van der Waals surface area (Å²) in [7, 11) is 1.76. The Morgan fingerprint density at radius 3 is 2.67 bits per heavy atom. The van der Waals surface area contributed by atoms with Crippen LogP contribution < -0.4 is 5.32 Å². The molecule has 0 atom stereocenters. The van der Waals surface area contributed by atoms with Gasteiger partial charge in [-0.15, -0.1) is 10.2 Å². The number of carbonyl (C=O) groups is 2. The van der Waals surface area contributed by atoms with E-state index in [-0.39, 0.29) is 23.3 Å². The summed E-state index contributed by atoms with van der Waals surface area (Å²) < 4.78 is 15.1. The molecule has 0 saturated carbocycles. The third kappa shape index (κ3) is 4.59. The fraction of sp³-hybridized carbons (Fsp3) is 0.158. The van der Waals surface area contributed by atoms with E-state index in [9.17, 15) is 14.0 Å². The summed E-state index contributed by atoms with van der Waals surface area (Å²) in [4.78, 5) is 23.6. The van der Waals surface area contributed by atoms with Crippen molar-refractivity contribution in [3.8, 4) is 11.4 Å². The van der Waals surface area contributed by atoms with Gasteiger partial charge in [0, 0.05) is 23.9 Å². The number of ketones is 1. The minimum atomic E-state index is -0.350. The van der Waals surface area contributed by atoms with Crippen molar-refractivity contribution in [2.24, 2.45) is 7.05 Å². The summed E-state index contributed by atoms with van der Waals surface area (Å²) >= 11 is 1.22. The Morgan fingerprint density at radius 2 is 1.93 bits per heavy atom. The number of nitrogens with one attached hydrogen (secondary N) is 1. The van der Waals surface area contributed by atoms with Crippen LogP contribution in [0, 0.1) is 5.82 Å². The molecule has 1 N–H and O–H groups in total. The van der Waals surface area contributed by atoms with Crippen LogP contribution >= 0.6 is 11.8 Å². The molecule has 1 aromatic heterocycles. The summed E-state index contributed by atoms with van der Waals surface area (Å²) in [6, 6.07) is 12.9. The van der Waals surface area contributed by atoms with Crippen LogP contribution in [-0.2, 0) is 11.8 Å². The molecule has 6 nitrogen and oxygen atoms in total. The number of hydrogen-bond acceptors (Lipinski definition) is 5. The number of halogens is 1. The Bertz CT molecular complexity index is 1000. The zero-order chi connectivity index (χ0) is 19.4. The number of benzene rings is 2. The molecule has 0 saturated heterocycles. The monoisotopic (exact) mass is 384 g/mol. The molecule has 0 fully saturated rings. The Balaban J connectivity index is 1.64. The van der Waals surface area contributed by atoms with E-state index >= 15 is 0 Å². The van der Waals surface area contributed by atoms with Crippen molar-refractivity contribution >= 4 is 29.1 Å². The van der Waals surface area contributed by atoms with Gasteiger partial charge in [-0.2, -0.15) is 0 Å². The summed E-state index contributed by atoms with van der Waals surface area (Å²) in [5, 5.41) is 11.4. The molecule has 0 spiro atoms. The van der Waals surface area contributed by atoms with Gasteiger partial charge in [0.1, 0.15) is 5.82 Å². The fourth-order valence-corrected chi connectivity index (χ4v) is 3.17. The average molecular weight is 384 g/mol. The zero-order valence-corrected chi connectivity index (χ0v) is 15.6. The minimum absolute atomic E-state index is 0.0653. The number of hydrogen-bond donors (Lipinski definition) is 1. The molecule has 27 heavy (non-hydrogen) atoms. The average Bonchev–Trinajstić information content (AvgIpc) is 3.01. The second-order valence-electron chi connectivity index (χ2n) is 5.85. The van der Waals surface area contributed by atoms with E-state index in [0.717, 1.165) is 0 Å². The molecule has 138 valence electrons. The lowest BCUT2D eigenvalue weighted by Crippen LogP contribution is -2.14. The summed E-state index contributed by atoms with van der Waals surface area (Å²) in [5.74, 6) is 0.00302. The van der Waals surface area contributed by atoms with Gasteiger partial charge in [0.15, 0.2) is 16.8 Å². The molecule has 3 aromatic rings. The molecule has 0 unspecified atom stereocenters. The van der Waals surface area contributed by atoms with Gasteiger partial charge in [0.25, 0.3) is 0 Å². The zero-order valence-electron chi connectivity index (χ0n) is 14.8. The Hall–Kier alpha value is -3.00. The highest BCUT2D eigenvalue weighted by Crippen LogP contribution is 2.23. The topological polar surface area (TPSA) is 76.9 Å². The van der Waals surface area contributed by atoms with Crippen LogP contribution in [0.15, 0.2) is 53.7 Å². The Labute approximate surface area is 159 Å². The number of anilines is 1. The van der Waals surface area contributed by atoms with Gasteiger partial charge in [-0.3, -0.25) is 9.59 Å². The Morgan fingerprint density at radius 1 is 1.15 bits per heavy atom. The van der Waals surface area contributed by atoms with Crippen LogP contribution in [0.1, 0.15) is 17.3 Å². The molecule has 0 aliphatic carbocycles. The highest BCUT2D eigenvalue weighted by molar-refractivity contribution is 7.99. The number of aromatic nitrogens is 3. The lowest BCUT2D eigenvalue weighted by Gasteiger charge is -2.07. The predicted octanol–water partition coefficient (Wildman–Crippen LogP) is 3.55. The van der Waals surface area contributed by atoms with E-state index in [1.807, 2.05) is 0 Å². The first-order valence-corrected chi connectivity index (χ1v) is 9.11.